The number of rotatable bonds is 6. The number of amides is 1. The quantitative estimate of drug-likeness (QED) is 0.834. The Balaban J connectivity index is 1.95. The van der Waals surface area contributed by atoms with Crippen molar-refractivity contribution in [2.45, 2.75) is 33.2 Å². The van der Waals surface area contributed by atoms with Gasteiger partial charge in [0.25, 0.3) is 0 Å². The van der Waals surface area contributed by atoms with Crippen molar-refractivity contribution in [3.8, 4) is 0 Å². The molecule has 0 spiro atoms. The SMILES string of the molecule is CCCN(CC(=O)Nc1cccc(C)c1C)C1CNC1. The summed E-state index contributed by atoms with van der Waals surface area (Å²) < 4.78 is 0. The molecule has 1 saturated heterocycles. The highest BCUT2D eigenvalue weighted by Gasteiger charge is 2.25. The van der Waals surface area contributed by atoms with Gasteiger partial charge in [-0.15, -0.1) is 0 Å². The highest BCUT2D eigenvalue weighted by molar-refractivity contribution is 5.93. The predicted molar refractivity (Wildman–Crippen MR) is 83.1 cm³/mol. The van der Waals surface area contributed by atoms with Gasteiger partial charge in [-0.3, -0.25) is 9.69 Å². The average Bonchev–Trinajstić information content (AvgIpc) is 2.33. The van der Waals surface area contributed by atoms with Crippen molar-refractivity contribution in [1.82, 2.24) is 10.2 Å². The van der Waals surface area contributed by atoms with Gasteiger partial charge in [-0.1, -0.05) is 19.1 Å². The highest BCUT2D eigenvalue weighted by atomic mass is 16.2. The zero-order valence-corrected chi connectivity index (χ0v) is 12.7. The first kappa shape index (κ1) is 15.0. The van der Waals surface area contributed by atoms with E-state index in [0.29, 0.717) is 12.6 Å². The molecule has 0 saturated carbocycles. The number of nitrogens with zero attached hydrogens (tertiary/aromatic N) is 1. The number of aryl methyl sites for hydroxylation is 1. The molecule has 0 unspecified atom stereocenters. The topological polar surface area (TPSA) is 44.4 Å². The van der Waals surface area contributed by atoms with Crippen molar-refractivity contribution in [3.05, 3.63) is 29.3 Å². The van der Waals surface area contributed by atoms with Crippen LogP contribution in [0.2, 0.25) is 0 Å². The lowest BCUT2D eigenvalue weighted by molar-refractivity contribution is -0.118. The minimum absolute atomic E-state index is 0.0825. The van der Waals surface area contributed by atoms with E-state index in [2.05, 4.69) is 35.4 Å². The molecule has 2 N–H and O–H groups in total. The number of hydrogen-bond acceptors (Lipinski definition) is 3. The van der Waals surface area contributed by atoms with Crippen LogP contribution in [0.25, 0.3) is 0 Å². The molecule has 0 aliphatic carbocycles. The maximum atomic E-state index is 12.2. The molecule has 1 heterocycles. The Labute approximate surface area is 121 Å². The largest absolute Gasteiger partial charge is 0.325 e. The molecule has 1 aromatic rings. The molecule has 0 radical (unpaired) electrons. The molecule has 1 aliphatic heterocycles. The lowest BCUT2D eigenvalue weighted by Crippen LogP contribution is -2.58. The van der Waals surface area contributed by atoms with E-state index in [4.69, 9.17) is 0 Å². The van der Waals surface area contributed by atoms with Gasteiger partial charge < -0.3 is 10.6 Å². The van der Waals surface area contributed by atoms with Gasteiger partial charge in [-0.25, -0.2) is 0 Å². The summed E-state index contributed by atoms with van der Waals surface area (Å²) in [6.45, 7) is 9.72. The number of anilines is 1. The van der Waals surface area contributed by atoms with Crippen LogP contribution >= 0.6 is 0 Å². The first-order valence-electron chi connectivity index (χ1n) is 7.42. The fraction of sp³-hybridized carbons (Fsp3) is 0.562. The fourth-order valence-corrected chi connectivity index (χ4v) is 2.47. The normalized spacial score (nSPS) is 15.2. The monoisotopic (exact) mass is 275 g/mol. The van der Waals surface area contributed by atoms with Crippen molar-refractivity contribution in [2.75, 3.05) is 31.5 Å². The van der Waals surface area contributed by atoms with Crippen molar-refractivity contribution in [2.24, 2.45) is 0 Å². The van der Waals surface area contributed by atoms with Gasteiger partial charge in [0.15, 0.2) is 0 Å². The lowest BCUT2D eigenvalue weighted by Gasteiger charge is -2.37. The van der Waals surface area contributed by atoms with E-state index in [1.165, 1.54) is 5.56 Å². The van der Waals surface area contributed by atoms with E-state index in [1.807, 2.05) is 19.1 Å². The van der Waals surface area contributed by atoms with E-state index in [-0.39, 0.29) is 5.91 Å². The number of hydrogen-bond donors (Lipinski definition) is 2. The van der Waals surface area contributed by atoms with Gasteiger partial charge in [0, 0.05) is 24.8 Å². The standard InChI is InChI=1S/C16H25N3O/c1-4-8-19(14-9-17-10-14)11-16(20)18-15-7-5-6-12(2)13(15)3/h5-7,14,17H,4,8-11H2,1-3H3,(H,18,20). The van der Waals surface area contributed by atoms with Gasteiger partial charge in [-0.05, 0) is 44.0 Å². The second-order valence-corrected chi connectivity index (χ2v) is 5.58. The summed E-state index contributed by atoms with van der Waals surface area (Å²) in [5, 5.41) is 6.31. The average molecular weight is 275 g/mol. The van der Waals surface area contributed by atoms with Crippen LogP contribution in [-0.4, -0.2) is 43.0 Å². The van der Waals surface area contributed by atoms with Gasteiger partial charge in [-0.2, -0.15) is 0 Å². The zero-order chi connectivity index (χ0) is 14.5. The molecule has 0 atom stereocenters. The van der Waals surface area contributed by atoms with Crippen LogP contribution in [0.1, 0.15) is 24.5 Å². The summed E-state index contributed by atoms with van der Waals surface area (Å²) in [7, 11) is 0. The smallest absolute Gasteiger partial charge is 0.238 e. The van der Waals surface area contributed by atoms with Crippen molar-refractivity contribution in [3.63, 3.8) is 0 Å². The number of benzene rings is 1. The summed E-state index contributed by atoms with van der Waals surface area (Å²) in [6, 6.07) is 6.53. The van der Waals surface area contributed by atoms with E-state index in [9.17, 15) is 4.79 Å². The minimum atomic E-state index is 0.0825. The third-order valence-electron chi connectivity index (χ3n) is 4.01. The second-order valence-electron chi connectivity index (χ2n) is 5.58. The Morgan fingerprint density at radius 3 is 2.75 bits per heavy atom. The molecular weight excluding hydrogens is 250 g/mol. The molecule has 1 fully saturated rings. The van der Waals surface area contributed by atoms with Crippen LogP contribution < -0.4 is 10.6 Å². The first-order chi connectivity index (χ1) is 9.61. The van der Waals surface area contributed by atoms with Gasteiger partial charge in [0.2, 0.25) is 5.91 Å². The Morgan fingerprint density at radius 2 is 2.15 bits per heavy atom. The molecular formula is C16H25N3O. The van der Waals surface area contributed by atoms with E-state index in [1.54, 1.807) is 0 Å². The maximum absolute atomic E-state index is 12.2. The molecule has 1 aromatic carbocycles. The molecule has 2 rings (SSSR count). The molecule has 110 valence electrons. The summed E-state index contributed by atoms with van der Waals surface area (Å²) >= 11 is 0. The number of nitrogens with one attached hydrogen (secondary N) is 2. The Hall–Kier alpha value is -1.39. The van der Waals surface area contributed by atoms with Crippen LogP contribution in [0.3, 0.4) is 0 Å². The van der Waals surface area contributed by atoms with Crippen LogP contribution in [0.5, 0.6) is 0 Å². The van der Waals surface area contributed by atoms with Crippen LogP contribution in [0.15, 0.2) is 18.2 Å². The lowest BCUT2D eigenvalue weighted by atomic mass is 10.1. The van der Waals surface area contributed by atoms with Crippen LogP contribution in [0.4, 0.5) is 5.69 Å². The summed E-state index contributed by atoms with van der Waals surface area (Å²) in [5.74, 6) is 0.0825. The molecule has 4 heteroatoms. The molecule has 0 aromatic heterocycles. The molecule has 0 bridgehead atoms. The summed E-state index contributed by atoms with van der Waals surface area (Å²) in [5.41, 5.74) is 3.28. The molecule has 20 heavy (non-hydrogen) atoms. The second kappa shape index (κ2) is 6.86. The molecule has 1 aliphatic rings. The van der Waals surface area contributed by atoms with Crippen molar-refractivity contribution in [1.29, 1.82) is 0 Å². The minimum Gasteiger partial charge on any atom is -0.325 e. The third-order valence-corrected chi connectivity index (χ3v) is 4.01. The summed E-state index contributed by atoms with van der Waals surface area (Å²) in [6.07, 6.45) is 1.08. The summed E-state index contributed by atoms with van der Waals surface area (Å²) in [4.78, 5) is 14.5. The fourth-order valence-electron chi connectivity index (χ4n) is 2.47. The molecule has 4 nitrogen and oxygen atoms in total. The van der Waals surface area contributed by atoms with Crippen LogP contribution in [0, 0.1) is 13.8 Å². The van der Waals surface area contributed by atoms with Gasteiger partial charge in [0.05, 0.1) is 6.54 Å². The Bertz CT molecular complexity index is 469. The van der Waals surface area contributed by atoms with E-state index in [0.717, 1.165) is 37.3 Å². The first-order valence-corrected chi connectivity index (χ1v) is 7.42. The molecule has 1 amide bonds. The number of carbonyl (C=O) groups is 1. The van der Waals surface area contributed by atoms with Crippen molar-refractivity contribution < 1.29 is 4.79 Å². The highest BCUT2D eigenvalue weighted by Crippen LogP contribution is 2.18. The number of carbonyl (C=O) groups excluding carboxylic acids is 1. The maximum Gasteiger partial charge on any atom is 0.238 e. The van der Waals surface area contributed by atoms with E-state index >= 15 is 0 Å². The Morgan fingerprint density at radius 1 is 1.40 bits per heavy atom. The van der Waals surface area contributed by atoms with Gasteiger partial charge >= 0.3 is 0 Å². The third kappa shape index (κ3) is 3.58. The van der Waals surface area contributed by atoms with Crippen LogP contribution in [-0.2, 0) is 4.79 Å². The van der Waals surface area contributed by atoms with E-state index < -0.39 is 0 Å². The zero-order valence-electron chi connectivity index (χ0n) is 12.7. The van der Waals surface area contributed by atoms with Gasteiger partial charge in [0.1, 0.15) is 0 Å². The predicted octanol–water partition coefficient (Wildman–Crippen LogP) is 1.93. The Kier molecular flexibility index (Phi) is 5.15. The van der Waals surface area contributed by atoms with Crippen molar-refractivity contribution >= 4 is 11.6 Å².